The molecule has 0 spiro atoms. The van der Waals surface area contributed by atoms with Crippen LogP contribution in [0.1, 0.15) is 0 Å². The molecule has 0 aliphatic carbocycles. The van der Waals surface area contributed by atoms with Gasteiger partial charge in [0.15, 0.2) is 0 Å². The molecule has 0 unspecified atom stereocenters. The predicted molar refractivity (Wildman–Crippen MR) is 47.5 cm³/mol. The second kappa shape index (κ2) is 5.90. The van der Waals surface area contributed by atoms with Crippen molar-refractivity contribution in [3.05, 3.63) is 0 Å². The van der Waals surface area contributed by atoms with E-state index in [1.165, 1.54) is 0 Å². The molecule has 1 aliphatic rings. The molecule has 1 fully saturated rings. The second-order valence-electron chi connectivity index (χ2n) is 2.97. The van der Waals surface area contributed by atoms with Crippen molar-refractivity contribution in [3.63, 3.8) is 0 Å². The summed E-state index contributed by atoms with van der Waals surface area (Å²) in [5.41, 5.74) is 0. The van der Waals surface area contributed by atoms with E-state index in [9.17, 15) is 4.79 Å². The molecule has 0 atom stereocenters. The highest BCUT2D eigenvalue weighted by atomic mass is 16.5. The van der Waals surface area contributed by atoms with E-state index in [4.69, 9.17) is 9.47 Å². The molecule has 76 valence electrons. The summed E-state index contributed by atoms with van der Waals surface area (Å²) in [6, 6.07) is 0.290. The zero-order valence-corrected chi connectivity index (χ0v) is 7.84. The minimum Gasteiger partial charge on any atom is -0.382 e. The van der Waals surface area contributed by atoms with Crippen molar-refractivity contribution in [2.75, 3.05) is 40.0 Å². The van der Waals surface area contributed by atoms with Crippen LogP contribution >= 0.6 is 0 Å². The van der Waals surface area contributed by atoms with Gasteiger partial charge in [0.05, 0.1) is 19.3 Å². The molecule has 5 nitrogen and oxygen atoms in total. The number of carbonyl (C=O) groups excluding carboxylic acids is 1. The lowest BCUT2D eigenvalue weighted by atomic mass is 10.2. The fraction of sp³-hybridized carbons (Fsp3) is 0.875. The van der Waals surface area contributed by atoms with Gasteiger partial charge in [-0.25, -0.2) is 0 Å². The van der Waals surface area contributed by atoms with Crippen LogP contribution in [-0.2, 0) is 14.3 Å². The molecule has 1 saturated heterocycles. The van der Waals surface area contributed by atoms with Gasteiger partial charge in [-0.15, -0.1) is 0 Å². The number of amides is 1. The Balaban J connectivity index is 1.91. The van der Waals surface area contributed by atoms with Gasteiger partial charge in [-0.3, -0.25) is 4.79 Å². The third kappa shape index (κ3) is 4.21. The third-order valence-electron chi connectivity index (χ3n) is 1.81. The van der Waals surface area contributed by atoms with Gasteiger partial charge in [-0.05, 0) is 0 Å². The van der Waals surface area contributed by atoms with E-state index in [0.717, 1.165) is 13.1 Å². The van der Waals surface area contributed by atoms with Crippen LogP contribution in [-0.4, -0.2) is 52.0 Å². The third-order valence-corrected chi connectivity index (χ3v) is 1.81. The number of nitrogens with one attached hydrogen (secondary N) is 2. The summed E-state index contributed by atoms with van der Waals surface area (Å²) in [6.45, 7) is 2.85. The first-order valence-corrected chi connectivity index (χ1v) is 4.39. The first-order valence-electron chi connectivity index (χ1n) is 4.39. The van der Waals surface area contributed by atoms with E-state index in [1.807, 2.05) is 0 Å². The van der Waals surface area contributed by atoms with Gasteiger partial charge < -0.3 is 20.1 Å². The Morgan fingerprint density at radius 2 is 2.31 bits per heavy atom. The Kier molecular flexibility index (Phi) is 4.74. The first kappa shape index (κ1) is 10.4. The molecule has 5 heteroatoms. The van der Waals surface area contributed by atoms with Gasteiger partial charge in [0.2, 0.25) is 5.91 Å². The Labute approximate surface area is 77.8 Å². The summed E-state index contributed by atoms with van der Waals surface area (Å²) in [4.78, 5) is 11.1. The smallest absolute Gasteiger partial charge is 0.246 e. The maximum atomic E-state index is 11.1. The highest BCUT2D eigenvalue weighted by Crippen LogP contribution is 1.89. The number of methoxy groups -OCH3 is 1. The molecular formula is C8H16N2O3. The summed E-state index contributed by atoms with van der Waals surface area (Å²) < 4.78 is 9.82. The first-order chi connectivity index (χ1) is 6.33. The normalized spacial score (nSPS) is 16.7. The number of ether oxygens (including phenoxy) is 2. The molecule has 13 heavy (non-hydrogen) atoms. The van der Waals surface area contributed by atoms with Crippen molar-refractivity contribution in [2.45, 2.75) is 6.04 Å². The Morgan fingerprint density at radius 3 is 2.85 bits per heavy atom. The summed E-state index contributed by atoms with van der Waals surface area (Å²) in [5, 5.41) is 5.89. The van der Waals surface area contributed by atoms with Crippen molar-refractivity contribution < 1.29 is 14.3 Å². The van der Waals surface area contributed by atoms with E-state index in [-0.39, 0.29) is 12.5 Å². The average molecular weight is 188 g/mol. The molecule has 0 aromatic heterocycles. The maximum Gasteiger partial charge on any atom is 0.246 e. The topological polar surface area (TPSA) is 59.6 Å². The van der Waals surface area contributed by atoms with Crippen molar-refractivity contribution in [1.82, 2.24) is 10.6 Å². The van der Waals surface area contributed by atoms with Crippen LogP contribution < -0.4 is 10.6 Å². The molecule has 2 N–H and O–H groups in total. The average Bonchev–Trinajstić information content (AvgIpc) is 2.06. The quantitative estimate of drug-likeness (QED) is 0.511. The van der Waals surface area contributed by atoms with E-state index >= 15 is 0 Å². The van der Waals surface area contributed by atoms with E-state index < -0.39 is 0 Å². The minimum absolute atomic E-state index is 0.0531. The SMILES string of the molecule is COCCOCC(=O)NC1CNC1. The molecule has 1 rings (SSSR count). The zero-order valence-electron chi connectivity index (χ0n) is 7.84. The highest BCUT2D eigenvalue weighted by Gasteiger charge is 2.18. The maximum absolute atomic E-state index is 11.1. The van der Waals surface area contributed by atoms with Crippen molar-refractivity contribution in [1.29, 1.82) is 0 Å². The fourth-order valence-corrected chi connectivity index (χ4v) is 0.967. The lowest BCUT2D eigenvalue weighted by molar-refractivity contribution is -0.127. The molecular weight excluding hydrogens is 172 g/mol. The van der Waals surface area contributed by atoms with Crippen molar-refractivity contribution in [2.24, 2.45) is 0 Å². The second-order valence-corrected chi connectivity index (χ2v) is 2.97. The molecule has 0 radical (unpaired) electrons. The standard InChI is InChI=1S/C8H16N2O3/c1-12-2-3-13-6-8(11)10-7-4-9-5-7/h7,9H,2-6H2,1H3,(H,10,11). The lowest BCUT2D eigenvalue weighted by Crippen LogP contribution is -2.57. The molecule has 0 bridgehead atoms. The number of hydrogen-bond acceptors (Lipinski definition) is 4. The summed E-state index contributed by atoms with van der Waals surface area (Å²) >= 11 is 0. The van der Waals surface area contributed by atoms with Gasteiger partial charge in [-0.2, -0.15) is 0 Å². The van der Waals surface area contributed by atoms with Gasteiger partial charge in [-0.1, -0.05) is 0 Å². The van der Waals surface area contributed by atoms with Gasteiger partial charge in [0.1, 0.15) is 6.61 Å². The minimum atomic E-state index is -0.0531. The van der Waals surface area contributed by atoms with Crippen LogP contribution in [0.3, 0.4) is 0 Å². The van der Waals surface area contributed by atoms with Crippen LogP contribution in [0.15, 0.2) is 0 Å². The number of rotatable bonds is 6. The van der Waals surface area contributed by atoms with Crippen LogP contribution in [0.5, 0.6) is 0 Å². The predicted octanol–water partition coefficient (Wildman–Crippen LogP) is -1.26. The largest absolute Gasteiger partial charge is 0.382 e. The molecule has 0 aromatic rings. The van der Waals surface area contributed by atoms with E-state index in [0.29, 0.717) is 19.3 Å². The number of carbonyl (C=O) groups is 1. The summed E-state index contributed by atoms with van der Waals surface area (Å²) in [7, 11) is 1.60. The van der Waals surface area contributed by atoms with Crippen molar-refractivity contribution in [3.8, 4) is 0 Å². The lowest BCUT2D eigenvalue weighted by Gasteiger charge is -2.27. The van der Waals surface area contributed by atoms with Gasteiger partial charge in [0.25, 0.3) is 0 Å². The van der Waals surface area contributed by atoms with Gasteiger partial charge in [0, 0.05) is 20.2 Å². The van der Waals surface area contributed by atoms with Crippen LogP contribution in [0.25, 0.3) is 0 Å². The molecule has 0 saturated carbocycles. The molecule has 0 aromatic carbocycles. The number of hydrogen-bond donors (Lipinski definition) is 2. The Hall–Kier alpha value is -0.650. The monoisotopic (exact) mass is 188 g/mol. The van der Waals surface area contributed by atoms with Crippen molar-refractivity contribution >= 4 is 5.91 Å². The zero-order chi connectivity index (χ0) is 9.52. The molecule has 1 heterocycles. The molecule has 1 amide bonds. The van der Waals surface area contributed by atoms with Gasteiger partial charge >= 0.3 is 0 Å². The summed E-state index contributed by atoms with van der Waals surface area (Å²) in [6.07, 6.45) is 0. The van der Waals surface area contributed by atoms with E-state index in [1.54, 1.807) is 7.11 Å². The highest BCUT2D eigenvalue weighted by molar-refractivity contribution is 5.77. The van der Waals surface area contributed by atoms with E-state index in [2.05, 4.69) is 10.6 Å². The molecule has 1 aliphatic heterocycles. The van der Waals surface area contributed by atoms with Crippen LogP contribution in [0.2, 0.25) is 0 Å². The summed E-state index contributed by atoms with van der Waals surface area (Å²) in [5.74, 6) is -0.0531. The fourth-order valence-electron chi connectivity index (χ4n) is 0.967. The van der Waals surface area contributed by atoms with Crippen LogP contribution in [0.4, 0.5) is 0 Å². The van der Waals surface area contributed by atoms with Crippen LogP contribution in [0, 0.1) is 0 Å². The Bertz CT molecular complexity index is 159. The Morgan fingerprint density at radius 1 is 1.54 bits per heavy atom.